The van der Waals surface area contributed by atoms with Gasteiger partial charge < -0.3 is 15.4 Å². The Bertz CT molecular complexity index is 490. The standard InChI is InChI=1S/C16H23F2N3O/c1-3-5-8-11-20-16(19-4-2)21-12-13-9-6-7-10-14(13)22-15(17)18/h3,5-7,9-10,15H,4,8,11-12H2,1-2H3,(H2,19,20,21)/b5-3+. The molecule has 0 spiro atoms. The first kappa shape index (κ1) is 17.9. The summed E-state index contributed by atoms with van der Waals surface area (Å²) in [6.45, 7) is 2.85. The van der Waals surface area contributed by atoms with E-state index >= 15 is 0 Å². The van der Waals surface area contributed by atoms with Crippen LogP contribution in [-0.4, -0.2) is 25.7 Å². The number of nitrogens with zero attached hydrogens (tertiary/aromatic N) is 1. The highest BCUT2D eigenvalue weighted by Gasteiger charge is 2.08. The van der Waals surface area contributed by atoms with Gasteiger partial charge in [-0.2, -0.15) is 8.78 Å². The SMILES string of the molecule is C/C=C/CCNC(=NCc1ccccc1OC(F)F)NCC. The van der Waals surface area contributed by atoms with Crippen LogP contribution in [0.5, 0.6) is 5.75 Å². The van der Waals surface area contributed by atoms with Gasteiger partial charge in [-0.05, 0) is 26.3 Å². The van der Waals surface area contributed by atoms with Gasteiger partial charge in [-0.3, -0.25) is 0 Å². The fourth-order valence-corrected chi connectivity index (χ4v) is 1.79. The third kappa shape index (κ3) is 7.06. The molecule has 0 aliphatic heterocycles. The Morgan fingerprint density at radius 2 is 2.09 bits per heavy atom. The second kappa shape index (κ2) is 10.6. The predicted molar refractivity (Wildman–Crippen MR) is 85.3 cm³/mol. The lowest BCUT2D eigenvalue weighted by Gasteiger charge is -2.12. The van der Waals surface area contributed by atoms with Crippen molar-refractivity contribution in [3.63, 3.8) is 0 Å². The van der Waals surface area contributed by atoms with Crippen molar-refractivity contribution in [2.24, 2.45) is 4.99 Å². The van der Waals surface area contributed by atoms with E-state index < -0.39 is 6.61 Å². The first-order chi connectivity index (χ1) is 10.7. The molecule has 0 aliphatic carbocycles. The number of allylic oxidation sites excluding steroid dienone is 1. The van der Waals surface area contributed by atoms with Gasteiger partial charge in [0.2, 0.25) is 0 Å². The van der Waals surface area contributed by atoms with E-state index in [-0.39, 0.29) is 12.3 Å². The van der Waals surface area contributed by atoms with E-state index in [4.69, 9.17) is 0 Å². The van der Waals surface area contributed by atoms with Crippen LogP contribution in [0.25, 0.3) is 0 Å². The van der Waals surface area contributed by atoms with E-state index in [1.165, 1.54) is 6.07 Å². The minimum absolute atomic E-state index is 0.158. The minimum Gasteiger partial charge on any atom is -0.434 e. The summed E-state index contributed by atoms with van der Waals surface area (Å²) in [7, 11) is 0. The minimum atomic E-state index is -2.84. The van der Waals surface area contributed by atoms with Gasteiger partial charge in [0.1, 0.15) is 5.75 Å². The van der Waals surface area contributed by atoms with Crippen LogP contribution in [0.1, 0.15) is 25.8 Å². The molecule has 2 N–H and O–H groups in total. The number of aliphatic imine (C=N–C) groups is 1. The molecular formula is C16H23F2N3O. The summed E-state index contributed by atoms with van der Waals surface area (Å²) in [6, 6.07) is 6.68. The summed E-state index contributed by atoms with van der Waals surface area (Å²) in [4.78, 5) is 4.39. The zero-order valence-electron chi connectivity index (χ0n) is 13.0. The molecule has 0 unspecified atom stereocenters. The lowest BCUT2D eigenvalue weighted by molar-refractivity contribution is -0.0504. The van der Waals surface area contributed by atoms with E-state index in [1.54, 1.807) is 18.2 Å². The number of hydrogen-bond donors (Lipinski definition) is 2. The Morgan fingerprint density at radius 1 is 1.32 bits per heavy atom. The van der Waals surface area contributed by atoms with Crippen LogP contribution in [0.3, 0.4) is 0 Å². The molecule has 0 aliphatic rings. The summed E-state index contributed by atoms with van der Waals surface area (Å²) in [5, 5.41) is 6.30. The number of para-hydroxylation sites is 1. The first-order valence-electron chi connectivity index (χ1n) is 7.33. The Morgan fingerprint density at radius 3 is 2.77 bits per heavy atom. The molecule has 1 aromatic carbocycles. The largest absolute Gasteiger partial charge is 0.434 e. The summed E-state index contributed by atoms with van der Waals surface area (Å²) < 4.78 is 29.2. The van der Waals surface area contributed by atoms with Crippen molar-refractivity contribution < 1.29 is 13.5 Å². The van der Waals surface area contributed by atoms with Crippen LogP contribution in [-0.2, 0) is 6.54 Å². The number of ether oxygens (including phenoxy) is 1. The summed E-state index contributed by atoms with van der Waals surface area (Å²) >= 11 is 0. The van der Waals surface area contributed by atoms with Crippen molar-refractivity contribution in [2.75, 3.05) is 13.1 Å². The molecular weight excluding hydrogens is 288 g/mol. The van der Waals surface area contributed by atoms with Crippen molar-refractivity contribution in [3.05, 3.63) is 42.0 Å². The molecule has 0 saturated heterocycles. The second-order valence-corrected chi connectivity index (χ2v) is 4.47. The van der Waals surface area contributed by atoms with Gasteiger partial charge in [0.05, 0.1) is 6.54 Å². The van der Waals surface area contributed by atoms with Crippen molar-refractivity contribution in [1.82, 2.24) is 10.6 Å². The molecule has 22 heavy (non-hydrogen) atoms. The van der Waals surface area contributed by atoms with Crippen LogP contribution in [0.2, 0.25) is 0 Å². The smallest absolute Gasteiger partial charge is 0.387 e. The van der Waals surface area contributed by atoms with Crippen molar-refractivity contribution >= 4 is 5.96 Å². The fourth-order valence-electron chi connectivity index (χ4n) is 1.79. The molecule has 0 radical (unpaired) electrons. The number of hydrogen-bond acceptors (Lipinski definition) is 2. The second-order valence-electron chi connectivity index (χ2n) is 4.47. The average Bonchev–Trinajstić information content (AvgIpc) is 2.49. The van der Waals surface area contributed by atoms with Gasteiger partial charge in [0, 0.05) is 18.7 Å². The Kier molecular flexibility index (Phi) is 8.64. The summed E-state index contributed by atoms with van der Waals surface area (Å²) in [5.74, 6) is 0.810. The molecule has 122 valence electrons. The maximum atomic E-state index is 12.4. The maximum absolute atomic E-state index is 12.4. The van der Waals surface area contributed by atoms with Crippen LogP contribution >= 0.6 is 0 Å². The third-order valence-corrected chi connectivity index (χ3v) is 2.78. The number of guanidine groups is 1. The van der Waals surface area contributed by atoms with Crippen LogP contribution in [0.15, 0.2) is 41.4 Å². The number of halogens is 2. The van der Waals surface area contributed by atoms with Crippen LogP contribution in [0, 0.1) is 0 Å². The van der Waals surface area contributed by atoms with E-state index in [0.29, 0.717) is 11.5 Å². The van der Waals surface area contributed by atoms with Crippen molar-refractivity contribution in [1.29, 1.82) is 0 Å². The summed E-state index contributed by atoms with van der Waals surface area (Å²) in [6.07, 6.45) is 4.94. The molecule has 0 saturated carbocycles. The third-order valence-electron chi connectivity index (χ3n) is 2.78. The van der Waals surface area contributed by atoms with Gasteiger partial charge in [0.25, 0.3) is 0 Å². The van der Waals surface area contributed by atoms with Gasteiger partial charge in [-0.15, -0.1) is 0 Å². The van der Waals surface area contributed by atoms with Gasteiger partial charge in [-0.25, -0.2) is 4.99 Å². The van der Waals surface area contributed by atoms with Crippen LogP contribution in [0.4, 0.5) is 8.78 Å². The van der Waals surface area contributed by atoms with Crippen molar-refractivity contribution in [2.45, 2.75) is 33.4 Å². The topological polar surface area (TPSA) is 45.7 Å². The summed E-state index contributed by atoms with van der Waals surface area (Å²) in [5.41, 5.74) is 0.619. The highest BCUT2D eigenvalue weighted by atomic mass is 19.3. The molecule has 0 fully saturated rings. The van der Waals surface area contributed by atoms with E-state index in [2.05, 4.69) is 26.4 Å². The van der Waals surface area contributed by atoms with Gasteiger partial charge in [-0.1, -0.05) is 30.4 Å². The van der Waals surface area contributed by atoms with E-state index in [1.807, 2.05) is 19.9 Å². The number of nitrogens with one attached hydrogen (secondary N) is 2. The highest BCUT2D eigenvalue weighted by molar-refractivity contribution is 5.79. The maximum Gasteiger partial charge on any atom is 0.387 e. The monoisotopic (exact) mass is 311 g/mol. The number of alkyl halides is 2. The quantitative estimate of drug-likeness (QED) is 0.335. The van der Waals surface area contributed by atoms with E-state index in [9.17, 15) is 8.78 Å². The predicted octanol–water partition coefficient (Wildman–Crippen LogP) is 3.31. The lowest BCUT2D eigenvalue weighted by atomic mass is 10.2. The lowest BCUT2D eigenvalue weighted by Crippen LogP contribution is -2.37. The molecule has 0 aromatic heterocycles. The average molecular weight is 311 g/mol. The Balaban J connectivity index is 2.68. The van der Waals surface area contributed by atoms with Crippen LogP contribution < -0.4 is 15.4 Å². The molecule has 4 nitrogen and oxygen atoms in total. The fraction of sp³-hybridized carbons (Fsp3) is 0.438. The first-order valence-corrected chi connectivity index (χ1v) is 7.33. The Labute approximate surface area is 130 Å². The van der Waals surface area contributed by atoms with E-state index in [0.717, 1.165) is 19.5 Å². The Hall–Kier alpha value is -2.11. The molecule has 1 rings (SSSR count). The molecule has 0 atom stereocenters. The van der Waals surface area contributed by atoms with Gasteiger partial charge >= 0.3 is 6.61 Å². The molecule has 0 heterocycles. The normalized spacial score (nSPS) is 12.0. The zero-order chi connectivity index (χ0) is 16.2. The molecule has 6 heteroatoms. The van der Waals surface area contributed by atoms with Gasteiger partial charge in [0.15, 0.2) is 5.96 Å². The molecule has 0 amide bonds. The zero-order valence-corrected chi connectivity index (χ0v) is 13.0. The molecule has 1 aromatic rings. The molecule has 0 bridgehead atoms. The number of rotatable bonds is 8. The highest BCUT2D eigenvalue weighted by Crippen LogP contribution is 2.20. The van der Waals surface area contributed by atoms with Crippen molar-refractivity contribution in [3.8, 4) is 5.75 Å². The number of benzene rings is 1.